The maximum atomic E-state index is 7.07. The van der Waals surface area contributed by atoms with Crippen LogP contribution in [0.1, 0.15) is 0 Å². The van der Waals surface area contributed by atoms with Gasteiger partial charge < -0.3 is 4.42 Å². The molecule has 0 fully saturated rings. The third kappa shape index (κ3) is 5.05. The molecule has 1 nitrogen and oxygen atoms in total. The number of furan rings is 1. The summed E-state index contributed by atoms with van der Waals surface area (Å²) >= 11 is 0. The quantitative estimate of drug-likeness (QED) is 0.162. The normalized spacial score (nSPS) is 12.1. The van der Waals surface area contributed by atoms with Crippen LogP contribution in [0.15, 0.2) is 223 Å². The Morgan fingerprint density at radius 1 is 0.206 bits per heavy atom. The standard InChI is InChI=1S/C62H36O/c1-2-10-38(11-3-1)46-29-25-42-28-32-53-47(30-26-43-27-31-52(46)59(42)60(43)53)41-20-18-37(19-21-41)45-35-56-54-33-24-40-13-5-7-15-49(40)61(54)63-62(56)57(36-45)55-34-44-23-22-39-12-4-6-14-48(39)58(44)51-17-9-8-16-50(51)55/h1-36H. The van der Waals surface area contributed by atoms with Gasteiger partial charge in [-0.1, -0.05) is 194 Å². The molecule has 0 spiro atoms. The fourth-order valence-electron chi connectivity index (χ4n) is 10.8. The van der Waals surface area contributed by atoms with Crippen molar-refractivity contribution >= 4 is 97.3 Å². The SMILES string of the molecule is c1ccc(-c2ccc3ccc4c(-c5ccc(-c6cc(-c7cc8ccc9ccccc9c8c8ccccc78)c7oc8c9ccccc9ccc8c7c6)cc5)ccc5ccc2c3c54)cc1. The van der Waals surface area contributed by atoms with Crippen molar-refractivity contribution in [3.8, 4) is 44.5 Å². The molecule has 14 aromatic rings. The van der Waals surface area contributed by atoms with Gasteiger partial charge in [-0.15, -0.1) is 0 Å². The molecule has 1 aromatic heterocycles. The fourth-order valence-corrected chi connectivity index (χ4v) is 10.8. The third-order valence-corrected chi connectivity index (χ3v) is 13.8. The topological polar surface area (TPSA) is 13.1 Å². The first-order valence-electron chi connectivity index (χ1n) is 21.8. The highest BCUT2D eigenvalue weighted by Crippen LogP contribution is 2.47. The van der Waals surface area contributed by atoms with Crippen molar-refractivity contribution in [1.29, 1.82) is 0 Å². The zero-order valence-corrected chi connectivity index (χ0v) is 34.2. The zero-order chi connectivity index (χ0) is 41.2. The number of hydrogen-bond acceptors (Lipinski definition) is 1. The van der Waals surface area contributed by atoms with E-state index in [0.29, 0.717) is 0 Å². The Bertz CT molecular complexity index is 4170. The molecule has 0 atom stereocenters. The molecule has 0 aliphatic carbocycles. The van der Waals surface area contributed by atoms with Gasteiger partial charge in [0.15, 0.2) is 0 Å². The molecule has 0 amide bonds. The van der Waals surface area contributed by atoms with Crippen LogP contribution in [0.5, 0.6) is 0 Å². The summed E-state index contributed by atoms with van der Waals surface area (Å²) in [5, 5.41) is 19.8. The van der Waals surface area contributed by atoms with Crippen LogP contribution in [-0.2, 0) is 0 Å². The zero-order valence-electron chi connectivity index (χ0n) is 34.2. The lowest BCUT2D eigenvalue weighted by molar-refractivity contribution is 0.674. The van der Waals surface area contributed by atoms with E-state index in [1.54, 1.807) is 0 Å². The van der Waals surface area contributed by atoms with Crippen LogP contribution < -0.4 is 0 Å². The molecule has 290 valence electrons. The highest BCUT2D eigenvalue weighted by atomic mass is 16.3. The van der Waals surface area contributed by atoms with Crippen molar-refractivity contribution in [2.24, 2.45) is 0 Å². The van der Waals surface area contributed by atoms with Crippen molar-refractivity contribution in [1.82, 2.24) is 0 Å². The van der Waals surface area contributed by atoms with Crippen molar-refractivity contribution in [3.05, 3.63) is 218 Å². The van der Waals surface area contributed by atoms with Crippen LogP contribution in [0.4, 0.5) is 0 Å². The van der Waals surface area contributed by atoms with Crippen molar-refractivity contribution in [2.75, 3.05) is 0 Å². The number of fused-ring (bicyclic) bond motifs is 10. The van der Waals surface area contributed by atoms with Crippen LogP contribution in [0, 0.1) is 0 Å². The smallest absolute Gasteiger partial charge is 0.143 e. The molecule has 0 aliphatic heterocycles. The predicted octanol–water partition coefficient (Wildman–Crippen LogP) is 17.8. The molecule has 1 heterocycles. The Labute approximate surface area is 363 Å². The van der Waals surface area contributed by atoms with Crippen LogP contribution in [-0.4, -0.2) is 0 Å². The van der Waals surface area contributed by atoms with E-state index in [9.17, 15) is 0 Å². The summed E-state index contributed by atoms with van der Waals surface area (Å²) in [5.74, 6) is 0. The van der Waals surface area contributed by atoms with Crippen LogP contribution in [0.3, 0.4) is 0 Å². The molecule has 63 heavy (non-hydrogen) atoms. The van der Waals surface area contributed by atoms with Gasteiger partial charge in [-0.25, -0.2) is 0 Å². The van der Waals surface area contributed by atoms with Crippen LogP contribution >= 0.6 is 0 Å². The van der Waals surface area contributed by atoms with Gasteiger partial charge in [0.1, 0.15) is 11.2 Å². The van der Waals surface area contributed by atoms with Gasteiger partial charge in [0.2, 0.25) is 0 Å². The Morgan fingerprint density at radius 3 is 1.46 bits per heavy atom. The minimum Gasteiger partial charge on any atom is -0.455 e. The van der Waals surface area contributed by atoms with E-state index in [1.165, 1.54) is 103 Å². The second-order valence-electron chi connectivity index (χ2n) is 17.1. The largest absolute Gasteiger partial charge is 0.455 e. The first kappa shape index (κ1) is 34.5. The predicted molar refractivity (Wildman–Crippen MR) is 269 cm³/mol. The molecule has 0 saturated heterocycles. The molecule has 0 aliphatic rings. The summed E-state index contributed by atoms with van der Waals surface area (Å²) < 4.78 is 7.07. The first-order valence-corrected chi connectivity index (χ1v) is 21.8. The molecular weight excluding hydrogens is 761 g/mol. The second kappa shape index (κ2) is 13.1. The Kier molecular flexibility index (Phi) is 7.17. The summed E-state index contributed by atoms with van der Waals surface area (Å²) in [6, 6.07) is 80.6. The van der Waals surface area contributed by atoms with Crippen molar-refractivity contribution in [3.63, 3.8) is 0 Å². The summed E-state index contributed by atoms with van der Waals surface area (Å²) in [4.78, 5) is 0. The minimum absolute atomic E-state index is 0.913. The van der Waals surface area contributed by atoms with Gasteiger partial charge in [-0.05, 0) is 133 Å². The van der Waals surface area contributed by atoms with E-state index in [0.717, 1.165) is 38.5 Å². The van der Waals surface area contributed by atoms with E-state index >= 15 is 0 Å². The molecule has 13 aromatic carbocycles. The van der Waals surface area contributed by atoms with E-state index in [-0.39, 0.29) is 0 Å². The van der Waals surface area contributed by atoms with Gasteiger partial charge >= 0.3 is 0 Å². The van der Waals surface area contributed by atoms with E-state index in [1.807, 2.05) is 0 Å². The van der Waals surface area contributed by atoms with Crippen molar-refractivity contribution in [2.45, 2.75) is 0 Å². The maximum Gasteiger partial charge on any atom is 0.143 e. The maximum absolute atomic E-state index is 7.07. The average Bonchev–Trinajstić information content (AvgIpc) is 3.74. The number of hydrogen-bond donors (Lipinski definition) is 0. The number of rotatable bonds is 4. The molecule has 0 N–H and O–H groups in total. The summed E-state index contributed by atoms with van der Waals surface area (Å²) in [6.45, 7) is 0. The Hall–Kier alpha value is -8.26. The average molecular weight is 797 g/mol. The number of benzene rings is 13. The van der Waals surface area contributed by atoms with Crippen molar-refractivity contribution < 1.29 is 4.42 Å². The lowest BCUT2D eigenvalue weighted by Crippen LogP contribution is -1.90. The molecule has 0 radical (unpaired) electrons. The van der Waals surface area contributed by atoms with Gasteiger partial charge in [0.05, 0.1) is 0 Å². The lowest BCUT2D eigenvalue weighted by atomic mass is 9.87. The van der Waals surface area contributed by atoms with Gasteiger partial charge in [-0.2, -0.15) is 0 Å². The van der Waals surface area contributed by atoms with Crippen LogP contribution in [0.25, 0.3) is 142 Å². The summed E-state index contributed by atoms with van der Waals surface area (Å²) in [6.07, 6.45) is 0. The molecule has 14 rings (SSSR count). The fraction of sp³-hybridized carbons (Fsp3) is 0. The second-order valence-corrected chi connectivity index (χ2v) is 17.1. The molecule has 0 saturated carbocycles. The van der Waals surface area contributed by atoms with E-state index < -0.39 is 0 Å². The van der Waals surface area contributed by atoms with Gasteiger partial charge in [0, 0.05) is 21.7 Å². The van der Waals surface area contributed by atoms with Crippen LogP contribution in [0.2, 0.25) is 0 Å². The summed E-state index contributed by atoms with van der Waals surface area (Å²) in [5.41, 5.74) is 11.4. The monoisotopic (exact) mass is 796 g/mol. The highest BCUT2D eigenvalue weighted by molar-refractivity contribution is 6.28. The highest BCUT2D eigenvalue weighted by Gasteiger charge is 2.21. The molecular formula is C62H36O. The Morgan fingerprint density at radius 2 is 0.730 bits per heavy atom. The summed E-state index contributed by atoms with van der Waals surface area (Å²) in [7, 11) is 0. The molecule has 0 bridgehead atoms. The lowest BCUT2D eigenvalue weighted by Gasteiger charge is -2.17. The van der Waals surface area contributed by atoms with Gasteiger partial charge in [0.25, 0.3) is 0 Å². The Balaban J connectivity index is 0.974. The van der Waals surface area contributed by atoms with Gasteiger partial charge in [-0.3, -0.25) is 0 Å². The van der Waals surface area contributed by atoms with E-state index in [2.05, 4.69) is 218 Å². The molecule has 1 heteroatoms. The van der Waals surface area contributed by atoms with E-state index in [4.69, 9.17) is 4.42 Å². The first-order chi connectivity index (χ1) is 31.2. The molecule has 0 unspecified atom stereocenters. The third-order valence-electron chi connectivity index (χ3n) is 13.8. The minimum atomic E-state index is 0.913.